The second kappa shape index (κ2) is 8.93. The maximum Gasteiger partial charge on any atom is 0.320 e. The van der Waals surface area contributed by atoms with Crippen LogP contribution in [-0.4, -0.2) is 35.1 Å². The van der Waals surface area contributed by atoms with E-state index in [1.165, 1.54) is 33.4 Å². The molecule has 4 heteroatoms. The Hall–Kier alpha value is -2.10. The number of nitrogens with zero attached hydrogens (tertiary/aromatic N) is 1. The van der Waals surface area contributed by atoms with Crippen molar-refractivity contribution in [1.29, 1.82) is 0 Å². The summed E-state index contributed by atoms with van der Waals surface area (Å²) in [6, 6.07) is 17.2. The number of aryl methyl sites for hydroxylation is 2. The Morgan fingerprint density at radius 3 is 1.89 bits per heavy atom. The lowest BCUT2D eigenvalue weighted by Gasteiger charge is -2.34. The number of carboxylic acids is 1. The minimum absolute atomic E-state index is 0. The molecule has 2 aliphatic rings. The third kappa shape index (κ3) is 3.87. The lowest BCUT2D eigenvalue weighted by molar-refractivity contribution is -0.143. The van der Waals surface area contributed by atoms with Crippen molar-refractivity contribution < 1.29 is 9.90 Å². The first-order valence-corrected chi connectivity index (χ1v) is 10.0. The monoisotopic (exact) mass is 397 g/mol. The highest BCUT2D eigenvalue weighted by Gasteiger charge is 2.28. The van der Waals surface area contributed by atoms with Crippen LogP contribution in [0.2, 0.25) is 0 Å². The lowest BCUT2D eigenvalue weighted by atomic mass is 9.86. The molecule has 1 aliphatic heterocycles. The lowest BCUT2D eigenvalue weighted by Crippen LogP contribution is -2.44. The average Bonchev–Trinajstić information content (AvgIpc) is 2.86. The van der Waals surface area contributed by atoms with Crippen LogP contribution in [0, 0.1) is 0 Å². The number of fused-ring (bicyclic) bond motifs is 2. The van der Waals surface area contributed by atoms with Crippen LogP contribution in [0.25, 0.3) is 5.57 Å². The molecule has 0 radical (unpaired) electrons. The second-order valence-electron chi connectivity index (χ2n) is 7.59. The van der Waals surface area contributed by atoms with Gasteiger partial charge in [-0.05, 0) is 59.9 Å². The summed E-state index contributed by atoms with van der Waals surface area (Å²) < 4.78 is 0. The van der Waals surface area contributed by atoms with Gasteiger partial charge in [0.05, 0.1) is 0 Å². The fraction of sp³-hybridized carbons (Fsp3) is 0.375. The predicted octanol–water partition coefficient (Wildman–Crippen LogP) is 4.97. The van der Waals surface area contributed by atoms with E-state index in [1.807, 2.05) is 6.92 Å². The summed E-state index contributed by atoms with van der Waals surface area (Å²) in [4.78, 5) is 13.7. The number of hydrogen-bond acceptors (Lipinski definition) is 2. The molecule has 0 aromatic heterocycles. The van der Waals surface area contributed by atoms with Gasteiger partial charge in [0.15, 0.2) is 0 Å². The van der Waals surface area contributed by atoms with Crippen molar-refractivity contribution in [2.24, 2.45) is 0 Å². The molecule has 0 amide bonds. The van der Waals surface area contributed by atoms with E-state index < -0.39 is 5.97 Å². The molecule has 1 fully saturated rings. The van der Waals surface area contributed by atoms with Gasteiger partial charge in [0, 0.05) is 13.1 Å². The van der Waals surface area contributed by atoms with E-state index in [4.69, 9.17) is 0 Å². The molecule has 2 aromatic rings. The minimum atomic E-state index is -0.696. The van der Waals surface area contributed by atoms with Gasteiger partial charge in [0.25, 0.3) is 0 Å². The molecule has 1 aliphatic carbocycles. The molecule has 4 rings (SSSR count). The fourth-order valence-corrected chi connectivity index (χ4v) is 4.70. The van der Waals surface area contributed by atoms with Crippen LogP contribution in [0.4, 0.5) is 0 Å². The zero-order valence-electron chi connectivity index (χ0n) is 16.4. The van der Waals surface area contributed by atoms with Gasteiger partial charge in [-0.1, -0.05) is 61.0 Å². The average molecular weight is 398 g/mol. The van der Waals surface area contributed by atoms with Crippen LogP contribution in [0.1, 0.15) is 48.4 Å². The highest BCUT2D eigenvalue weighted by atomic mass is 35.5. The Balaban J connectivity index is 0.00000225. The first-order valence-electron chi connectivity index (χ1n) is 10.0. The highest BCUT2D eigenvalue weighted by molar-refractivity contribution is 5.86. The predicted molar refractivity (Wildman–Crippen MR) is 116 cm³/mol. The van der Waals surface area contributed by atoms with Gasteiger partial charge in [0.2, 0.25) is 0 Å². The molecule has 0 saturated carbocycles. The topological polar surface area (TPSA) is 40.5 Å². The number of halogens is 1. The van der Waals surface area contributed by atoms with Gasteiger partial charge < -0.3 is 5.11 Å². The van der Waals surface area contributed by atoms with Crippen molar-refractivity contribution in [1.82, 2.24) is 4.90 Å². The molecule has 148 valence electrons. The van der Waals surface area contributed by atoms with Crippen LogP contribution in [0.3, 0.4) is 0 Å². The van der Waals surface area contributed by atoms with E-state index in [0.717, 1.165) is 38.8 Å². The molecular weight excluding hydrogens is 370 g/mol. The summed E-state index contributed by atoms with van der Waals surface area (Å²) in [5.41, 5.74) is 8.48. The Morgan fingerprint density at radius 2 is 1.43 bits per heavy atom. The smallest absolute Gasteiger partial charge is 0.320 e. The molecule has 0 bridgehead atoms. The summed E-state index contributed by atoms with van der Waals surface area (Å²) in [6.45, 7) is 3.62. The summed E-state index contributed by atoms with van der Waals surface area (Å²) in [5, 5.41) is 9.48. The number of benzene rings is 2. The van der Waals surface area contributed by atoms with E-state index in [1.54, 1.807) is 0 Å². The van der Waals surface area contributed by atoms with Crippen LogP contribution < -0.4 is 0 Å². The molecule has 3 nitrogen and oxygen atoms in total. The number of aliphatic carboxylic acids is 1. The molecule has 1 N–H and O–H groups in total. The van der Waals surface area contributed by atoms with Gasteiger partial charge in [-0.15, -0.1) is 12.4 Å². The maximum absolute atomic E-state index is 11.5. The number of carbonyl (C=O) groups is 1. The number of piperidine rings is 1. The summed E-state index contributed by atoms with van der Waals surface area (Å²) in [6.07, 6.45) is 4.70. The Morgan fingerprint density at radius 1 is 0.929 bits per heavy atom. The summed E-state index contributed by atoms with van der Waals surface area (Å²) in [5.74, 6) is -0.696. The number of rotatable bonds is 3. The fourth-order valence-electron chi connectivity index (χ4n) is 4.70. The molecule has 1 heterocycles. The van der Waals surface area contributed by atoms with Gasteiger partial charge in [-0.25, -0.2) is 0 Å². The summed E-state index contributed by atoms with van der Waals surface area (Å²) >= 11 is 0. The van der Waals surface area contributed by atoms with E-state index in [9.17, 15) is 9.90 Å². The Kier molecular flexibility index (Phi) is 6.58. The van der Waals surface area contributed by atoms with E-state index in [2.05, 4.69) is 53.4 Å². The van der Waals surface area contributed by atoms with Crippen molar-refractivity contribution in [3.63, 3.8) is 0 Å². The van der Waals surface area contributed by atoms with Crippen molar-refractivity contribution in [2.75, 3.05) is 13.1 Å². The SMILES string of the molecule is CCC(C(=O)O)N1CCC(=C2c3ccccc3CCc3ccccc32)CC1.Cl. The third-order valence-electron chi connectivity index (χ3n) is 6.10. The largest absolute Gasteiger partial charge is 0.480 e. The molecule has 28 heavy (non-hydrogen) atoms. The van der Waals surface area contributed by atoms with Crippen LogP contribution in [0.5, 0.6) is 0 Å². The number of likely N-dealkylation sites (tertiary alicyclic amines) is 1. The zero-order valence-corrected chi connectivity index (χ0v) is 17.2. The van der Waals surface area contributed by atoms with Gasteiger partial charge in [-0.2, -0.15) is 0 Å². The number of hydrogen-bond donors (Lipinski definition) is 1. The Bertz CT molecular complexity index is 830. The van der Waals surface area contributed by atoms with Gasteiger partial charge >= 0.3 is 5.97 Å². The first-order chi connectivity index (χ1) is 13.2. The second-order valence-corrected chi connectivity index (χ2v) is 7.59. The maximum atomic E-state index is 11.5. The zero-order chi connectivity index (χ0) is 18.8. The van der Waals surface area contributed by atoms with E-state index in [-0.39, 0.29) is 18.4 Å². The minimum Gasteiger partial charge on any atom is -0.480 e. The summed E-state index contributed by atoms with van der Waals surface area (Å²) in [7, 11) is 0. The molecule has 1 atom stereocenters. The van der Waals surface area contributed by atoms with Gasteiger partial charge in [-0.3, -0.25) is 9.69 Å². The van der Waals surface area contributed by atoms with Crippen molar-refractivity contribution in [3.05, 3.63) is 76.4 Å². The van der Waals surface area contributed by atoms with Crippen molar-refractivity contribution in [2.45, 2.75) is 45.1 Å². The standard InChI is InChI=1S/C24H27NO2.ClH/c1-2-22(24(26)27)25-15-13-19(14-16-25)23-20-9-5-3-7-17(20)11-12-18-8-4-6-10-21(18)23;/h3-10,22H,2,11-16H2,1H3,(H,26,27);1H. The van der Waals surface area contributed by atoms with E-state index in [0.29, 0.717) is 6.42 Å². The number of carboxylic acid groups (broad SMARTS) is 1. The van der Waals surface area contributed by atoms with Gasteiger partial charge in [0.1, 0.15) is 6.04 Å². The van der Waals surface area contributed by atoms with Crippen molar-refractivity contribution >= 4 is 23.9 Å². The third-order valence-corrected chi connectivity index (χ3v) is 6.10. The molecular formula is C24H28ClNO2. The quantitative estimate of drug-likeness (QED) is 0.795. The van der Waals surface area contributed by atoms with Crippen LogP contribution in [0.15, 0.2) is 54.1 Å². The molecule has 1 unspecified atom stereocenters. The van der Waals surface area contributed by atoms with Crippen LogP contribution >= 0.6 is 12.4 Å². The normalized spacial score (nSPS) is 17.8. The van der Waals surface area contributed by atoms with E-state index >= 15 is 0 Å². The Labute approximate surface area is 173 Å². The van der Waals surface area contributed by atoms with Crippen LogP contribution in [-0.2, 0) is 17.6 Å². The molecule has 2 aromatic carbocycles. The molecule has 1 saturated heterocycles. The van der Waals surface area contributed by atoms with Crippen molar-refractivity contribution in [3.8, 4) is 0 Å². The first kappa shape index (κ1) is 20.6. The highest BCUT2D eigenvalue weighted by Crippen LogP contribution is 2.38. The molecule has 0 spiro atoms.